The highest BCUT2D eigenvalue weighted by molar-refractivity contribution is 5.85. The van der Waals surface area contributed by atoms with Crippen LogP contribution in [0.25, 0.3) is 33.3 Å². The molecule has 0 atom stereocenters. The maximum absolute atomic E-state index is 13.5. The fourth-order valence-corrected chi connectivity index (χ4v) is 3.13. The van der Waals surface area contributed by atoms with E-state index in [1.807, 2.05) is 37.3 Å². The molecule has 0 fully saturated rings. The van der Waals surface area contributed by atoms with E-state index < -0.39 is 0 Å². The molecule has 3 heteroatoms. The lowest BCUT2D eigenvalue weighted by Crippen LogP contribution is -1.90. The predicted molar refractivity (Wildman–Crippen MR) is 104 cm³/mol. The third-order valence-corrected chi connectivity index (χ3v) is 4.58. The minimum Gasteiger partial charge on any atom is -0.497 e. The fourth-order valence-electron chi connectivity index (χ4n) is 3.13. The second-order valence-electron chi connectivity index (χ2n) is 6.29. The molecule has 0 amide bonds. The van der Waals surface area contributed by atoms with Crippen LogP contribution in [0.4, 0.5) is 4.39 Å². The molecule has 0 unspecified atom stereocenters. The van der Waals surface area contributed by atoms with Crippen LogP contribution in [0.3, 0.4) is 0 Å². The first-order valence-electron chi connectivity index (χ1n) is 8.46. The number of halogens is 1. The van der Waals surface area contributed by atoms with Crippen LogP contribution in [0.15, 0.2) is 72.8 Å². The van der Waals surface area contributed by atoms with Crippen molar-refractivity contribution < 1.29 is 9.13 Å². The molecule has 1 aromatic heterocycles. The summed E-state index contributed by atoms with van der Waals surface area (Å²) in [5.41, 5.74) is 6.02. The molecule has 3 aromatic carbocycles. The number of benzene rings is 3. The lowest BCUT2D eigenvalue weighted by Gasteiger charge is -2.08. The van der Waals surface area contributed by atoms with Crippen LogP contribution in [0, 0.1) is 12.7 Å². The molecule has 2 nitrogen and oxygen atoms in total. The largest absolute Gasteiger partial charge is 0.497 e. The minimum atomic E-state index is -0.237. The molecule has 0 aliphatic carbocycles. The van der Waals surface area contributed by atoms with Gasteiger partial charge in [0, 0.05) is 10.9 Å². The number of rotatable bonds is 3. The van der Waals surface area contributed by atoms with Gasteiger partial charge in [-0.25, -0.2) is 9.37 Å². The van der Waals surface area contributed by atoms with Gasteiger partial charge in [0.15, 0.2) is 0 Å². The standard InChI is InChI=1S/C23H18FNO/c1-15-13-23(25-22-12-9-19(24)14-21(15)22)18-5-3-16(4-6-18)17-7-10-20(26-2)11-8-17/h3-14H,1-2H3. The second kappa shape index (κ2) is 6.60. The Balaban J connectivity index is 1.70. The average molecular weight is 343 g/mol. The van der Waals surface area contributed by atoms with Crippen molar-refractivity contribution in [2.75, 3.05) is 7.11 Å². The van der Waals surface area contributed by atoms with Crippen LogP contribution >= 0.6 is 0 Å². The Labute approximate surface area is 151 Å². The molecule has 0 saturated carbocycles. The highest BCUT2D eigenvalue weighted by atomic mass is 19.1. The molecule has 0 aliphatic heterocycles. The molecule has 0 N–H and O–H groups in total. The molecule has 0 bridgehead atoms. The number of aryl methyl sites for hydroxylation is 1. The van der Waals surface area contributed by atoms with Gasteiger partial charge in [-0.1, -0.05) is 36.4 Å². The Morgan fingerprint density at radius 1 is 0.769 bits per heavy atom. The van der Waals surface area contributed by atoms with E-state index in [0.29, 0.717) is 0 Å². The molecule has 4 aromatic rings. The summed E-state index contributed by atoms with van der Waals surface area (Å²) in [6, 6.07) is 23.0. The number of hydrogen-bond acceptors (Lipinski definition) is 2. The van der Waals surface area contributed by atoms with E-state index in [1.165, 1.54) is 12.1 Å². The maximum atomic E-state index is 13.5. The Bertz CT molecular complexity index is 1070. The van der Waals surface area contributed by atoms with Gasteiger partial charge in [-0.15, -0.1) is 0 Å². The van der Waals surface area contributed by atoms with Gasteiger partial charge < -0.3 is 4.74 Å². The van der Waals surface area contributed by atoms with Crippen molar-refractivity contribution in [1.29, 1.82) is 0 Å². The summed E-state index contributed by atoms with van der Waals surface area (Å²) in [5.74, 6) is 0.608. The smallest absolute Gasteiger partial charge is 0.123 e. The Morgan fingerprint density at radius 2 is 1.38 bits per heavy atom. The zero-order valence-corrected chi connectivity index (χ0v) is 14.7. The van der Waals surface area contributed by atoms with Crippen LogP contribution in [-0.2, 0) is 0 Å². The molecule has 128 valence electrons. The third-order valence-electron chi connectivity index (χ3n) is 4.58. The predicted octanol–water partition coefficient (Wildman–Crippen LogP) is 6.02. The van der Waals surface area contributed by atoms with Crippen molar-refractivity contribution in [2.45, 2.75) is 6.92 Å². The van der Waals surface area contributed by atoms with Gasteiger partial charge in [0.25, 0.3) is 0 Å². The van der Waals surface area contributed by atoms with Gasteiger partial charge in [0.2, 0.25) is 0 Å². The van der Waals surface area contributed by atoms with Gasteiger partial charge in [-0.05, 0) is 60.0 Å². The molecule has 0 spiro atoms. The molecule has 26 heavy (non-hydrogen) atoms. The minimum absolute atomic E-state index is 0.237. The van der Waals surface area contributed by atoms with Crippen molar-refractivity contribution in [3.8, 4) is 28.1 Å². The summed E-state index contributed by atoms with van der Waals surface area (Å²) in [4.78, 5) is 4.69. The Morgan fingerprint density at radius 3 is 2.04 bits per heavy atom. The monoisotopic (exact) mass is 343 g/mol. The van der Waals surface area contributed by atoms with Crippen LogP contribution in [-0.4, -0.2) is 12.1 Å². The molecule has 0 saturated heterocycles. The highest BCUT2D eigenvalue weighted by Gasteiger charge is 2.07. The lowest BCUT2D eigenvalue weighted by molar-refractivity contribution is 0.415. The SMILES string of the molecule is COc1ccc(-c2ccc(-c3cc(C)c4cc(F)ccc4n3)cc2)cc1. The van der Waals surface area contributed by atoms with Gasteiger partial charge >= 0.3 is 0 Å². The van der Waals surface area contributed by atoms with Crippen molar-refractivity contribution in [2.24, 2.45) is 0 Å². The van der Waals surface area contributed by atoms with E-state index in [2.05, 4.69) is 29.2 Å². The number of fused-ring (bicyclic) bond motifs is 1. The van der Waals surface area contributed by atoms with Crippen molar-refractivity contribution in [3.05, 3.63) is 84.2 Å². The molecule has 0 aliphatic rings. The van der Waals surface area contributed by atoms with E-state index in [4.69, 9.17) is 4.74 Å². The summed E-state index contributed by atoms with van der Waals surface area (Å²) < 4.78 is 18.7. The number of hydrogen-bond donors (Lipinski definition) is 0. The van der Waals surface area contributed by atoms with E-state index in [1.54, 1.807) is 13.2 Å². The molecule has 1 heterocycles. The average Bonchev–Trinajstić information content (AvgIpc) is 2.68. The fraction of sp³-hybridized carbons (Fsp3) is 0.0870. The first-order valence-corrected chi connectivity index (χ1v) is 8.46. The van der Waals surface area contributed by atoms with Crippen molar-refractivity contribution in [1.82, 2.24) is 4.98 Å². The first kappa shape index (κ1) is 16.3. The van der Waals surface area contributed by atoms with Crippen LogP contribution in [0.2, 0.25) is 0 Å². The van der Waals surface area contributed by atoms with E-state index in [-0.39, 0.29) is 5.82 Å². The van der Waals surface area contributed by atoms with Gasteiger partial charge in [0.05, 0.1) is 18.3 Å². The van der Waals surface area contributed by atoms with Crippen LogP contribution in [0.5, 0.6) is 5.75 Å². The number of ether oxygens (including phenoxy) is 1. The molecular formula is C23H18FNO. The summed E-state index contributed by atoms with van der Waals surface area (Å²) >= 11 is 0. The number of pyridine rings is 1. The summed E-state index contributed by atoms with van der Waals surface area (Å²) in [6.45, 7) is 1.98. The van der Waals surface area contributed by atoms with Crippen LogP contribution < -0.4 is 4.74 Å². The zero-order chi connectivity index (χ0) is 18.1. The highest BCUT2D eigenvalue weighted by Crippen LogP contribution is 2.28. The number of nitrogens with zero attached hydrogens (tertiary/aromatic N) is 1. The topological polar surface area (TPSA) is 22.1 Å². The van der Waals surface area contributed by atoms with E-state index in [9.17, 15) is 4.39 Å². The van der Waals surface area contributed by atoms with Crippen molar-refractivity contribution >= 4 is 10.9 Å². The Hall–Kier alpha value is -3.20. The van der Waals surface area contributed by atoms with Crippen LogP contribution in [0.1, 0.15) is 5.56 Å². The Kier molecular flexibility index (Phi) is 4.13. The number of methoxy groups -OCH3 is 1. The summed E-state index contributed by atoms with van der Waals surface area (Å²) in [6.07, 6.45) is 0. The first-order chi connectivity index (χ1) is 12.6. The van der Waals surface area contributed by atoms with E-state index in [0.717, 1.165) is 44.6 Å². The van der Waals surface area contributed by atoms with Gasteiger partial charge in [0.1, 0.15) is 11.6 Å². The zero-order valence-electron chi connectivity index (χ0n) is 14.7. The lowest BCUT2D eigenvalue weighted by atomic mass is 10.0. The normalized spacial score (nSPS) is 10.9. The summed E-state index contributed by atoms with van der Waals surface area (Å²) in [7, 11) is 1.66. The third kappa shape index (κ3) is 3.04. The van der Waals surface area contributed by atoms with Gasteiger partial charge in [-0.3, -0.25) is 0 Å². The maximum Gasteiger partial charge on any atom is 0.123 e. The van der Waals surface area contributed by atoms with Crippen molar-refractivity contribution in [3.63, 3.8) is 0 Å². The molecular weight excluding hydrogens is 325 g/mol. The number of aromatic nitrogens is 1. The molecule has 4 rings (SSSR count). The second-order valence-corrected chi connectivity index (χ2v) is 6.29. The summed E-state index contributed by atoms with van der Waals surface area (Å²) in [5, 5.41) is 0.851. The van der Waals surface area contributed by atoms with Gasteiger partial charge in [-0.2, -0.15) is 0 Å². The quantitative estimate of drug-likeness (QED) is 0.453. The molecule has 0 radical (unpaired) electrons. The van der Waals surface area contributed by atoms with E-state index >= 15 is 0 Å².